The second-order valence-electron chi connectivity index (χ2n) is 6.00. The number of anilines is 1. The van der Waals surface area contributed by atoms with E-state index >= 15 is 0 Å². The highest BCUT2D eigenvalue weighted by atomic mass is 35.5. The molecule has 132 valence electrons. The van der Waals surface area contributed by atoms with Crippen molar-refractivity contribution in [1.82, 2.24) is 10.1 Å². The Morgan fingerprint density at radius 3 is 2.77 bits per heavy atom. The fraction of sp³-hybridized carbons (Fsp3) is 0.211. The van der Waals surface area contributed by atoms with E-state index < -0.39 is 0 Å². The topological polar surface area (TPSA) is 77.3 Å². The van der Waals surface area contributed by atoms with E-state index in [9.17, 15) is 4.79 Å². The number of aromatic nitrogens is 2. The predicted molar refractivity (Wildman–Crippen MR) is 97.8 cm³/mol. The summed E-state index contributed by atoms with van der Waals surface area (Å²) in [5.74, 6) is 0.723. The summed E-state index contributed by atoms with van der Waals surface area (Å²) in [7, 11) is 0. The second-order valence-corrected chi connectivity index (χ2v) is 6.44. The van der Waals surface area contributed by atoms with Gasteiger partial charge in [0.1, 0.15) is 6.10 Å². The van der Waals surface area contributed by atoms with Crippen LogP contribution < -0.4 is 5.32 Å². The number of nitrogens with one attached hydrogen (secondary N) is 1. The highest BCUT2D eigenvalue weighted by Crippen LogP contribution is 2.25. The third-order valence-corrected chi connectivity index (χ3v) is 4.38. The summed E-state index contributed by atoms with van der Waals surface area (Å²) in [6, 6.07) is 14.5. The van der Waals surface area contributed by atoms with Crippen LogP contribution in [0.25, 0.3) is 22.8 Å². The molecule has 0 spiro atoms. The molecule has 26 heavy (non-hydrogen) atoms. The number of benzene rings is 2. The summed E-state index contributed by atoms with van der Waals surface area (Å²) in [4.78, 5) is 16.6. The lowest BCUT2D eigenvalue weighted by molar-refractivity contribution is -0.124. The van der Waals surface area contributed by atoms with E-state index in [1.165, 1.54) is 0 Å². The van der Waals surface area contributed by atoms with Crippen LogP contribution in [-0.2, 0) is 9.53 Å². The van der Waals surface area contributed by atoms with Gasteiger partial charge in [0, 0.05) is 28.4 Å². The number of amides is 1. The SMILES string of the molecule is O=C(Nc1cccc(-c2nc(-c3ccc(Cl)cc3)no2)c1)C1CCCO1. The Morgan fingerprint density at radius 1 is 1.15 bits per heavy atom. The van der Waals surface area contributed by atoms with Gasteiger partial charge in [0.15, 0.2) is 0 Å². The molecule has 1 fully saturated rings. The average Bonchev–Trinajstić information content (AvgIpc) is 3.35. The number of halogens is 1. The van der Waals surface area contributed by atoms with E-state index in [1.807, 2.05) is 30.3 Å². The Hall–Kier alpha value is -2.70. The Bertz CT molecular complexity index is 918. The lowest BCUT2D eigenvalue weighted by Gasteiger charge is -2.10. The van der Waals surface area contributed by atoms with E-state index in [0.29, 0.717) is 29.0 Å². The third-order valence-electron chi connectivity index (χ3n) is 4.13. The van der Waals surface area contributed by atoms with Gasteiger partial charge in [-0.1, -0.05) is 22.8 Å². The first-order valence-corrected chi connectivity index (χ1v) is 8.69. The molecule has 1 unspecified atom stereocenters. The first-order chi connectivity index (χ1) is 12.7. The molecule has 1 aliphatic heterocycles. The molecule has 1 aliphatic rings. The van der Waals surface area contributed by atoms with Gasteiger partial charge in [-0.25, -0.2) is 0 Å². The molecule has 1 aromatic heterocycles. The van der Waals surface area contributed by atoms with Crippen LogP contribution in [0.4, 0.5) is 5.69 Å². The molecule has 1 atom stereocenters. The molecule has 3 aromatic rings. The van der Waals surface area contributed by atoms with Gasteiger partial charge in [0.2, 0.25) is 5.82 Å². The highest BCUT2D eigenvalue weighted by Gasteiger charge is 2.23. The molecular weight excluding hydrogens is 354 g/mol. The van der Waals surface area contributed by atoms with Crippen LogP contribution in [0.1, 0.15) is 12.8 Å². The number of nitrogens with zero attached hydrogens (tertiary/aromatic N) is 2. The molecule has 2 aromatic carbocycles. The lowest BCUT2D eigenvalue weighted by Crippen LogP contribution is -2.26. The largest absolute Gasteiger partial charge is 0.368 e. The predicted octanol–water partition coefficient (Wildman–Crippen LogP) is 4.17. The Morgan fingerprint density at radius 2 is 2.00 bits per heavy atom. The smallest absolute Gasteiger partial charge is 0.258 e. The van der Waals surface area contributed by atoms with Crippen LogP contribution in [0.3, 0.4) is 0 Å². The molecule has 0 bridgehead atoms. The number of carbonyl (C=O) groups is 1. The average molecular weight is 370 g/mol. The zero-order valence-electron chi connectivity index (χ0n) is 13.8. The van der Waals surface area contributed by atoms with Crippen molar-refractivity contribution in [2.24, 2.45) is 0 Å². The maximum atomic E-state index is 12.2. The summed E-state index contributed by atoms with van der Waals surface area (Å²) < 4.78 is 10.8. The molecule has 1 amide bonds. The third kappa shape index (κ3) is 3.61. The van der Waals surface area contributed by atoms with Gasteiger partial charge in [-0.15, -0.1) is 0 Å². The molecule has 2 heterocycles. The normalized spacial score (nSPS) is 16.6. The van der Waals surface area contributed by atoms with Crippen molar-refractivity contribution in [3.05, 3.63) is 53.6 Å². The van der Waals surface area contributed by atoms with Gasteiger partial charge in [-0.3, -0.25) is 4.79 Å². The van der Waals surface area contributed by atoms with Crippen LogP contribution in [0.15, 0.2) is 53.1 Å². The minimum Gasteiger partial charge on any atom is -0.368 e. The van der Waals surface area contributed by atoms with Gasteiger partial charge in [0.25, 0.3) is 11.8 Å². The summed E-state index contributed by atoms with van der Waals surface area (Å²) in [5, 5.41) is 7.53. The van der Waals surface area contributed by atoms with Crippen molar-refractivity contribution in [2.45, 2.75) is 18.9 Å². The summed E-state index contributed by atoms with van der Waals surface area (Å²) in [5.41, 5.74) is 2.20. The molecule has 7 heteroatoms. The Balaban J connectivity index is 1.53. The Labute approximate surface area is 155 Å². The van der Waals surface area contributed by atoms with E-state index in [1.54, 1.807) is 18.2 Å². The van der Waals surface area contributed by atoms with Crippen LogP contribution in [0, 0.1) is 0 Å². The minimum atomic E-state index is -0.376. The van der Waals surface area contributed by atoms with Gasteiger partial charge >= 0.3 is 0 Å². The molecule has 4 rings (SSSR count). The number of ether oxygens (including phenoxy) is 1. The van der Waals surface area contributed by atoms with Gasteiger partial charge in [-0.05, 0) is 55.3 Å². The second kappa shape index (κ2) is 7.27. The van der Waals surface area contributed by atoms with Crippen molar-refractivity contribution in [3.8, 4) is 22.8 Å². The van der Waals surface area contributed by atoms with E-state index in [2.05, 4.69) is 15.5 Å². The number of rotatable bonds is 4. The van der Waals surface area contributed by atoms with E-state index in [0.717, 1.165) is 24.0 Å². The van der Waals surface area contributed by atoms with E-state index in [4.69, 9.17) is 20.9 Å². The first-order valence-electron chi connectivity index (χ1n) is 8.31. The first kappa shape index (κ1) is 16.8. The highest BCUT2D eigenvalue weighted by molar-refractivity contribution is 6.30. The standard InChI is InChI=1S/C19H16ClN3O3/c20-14-8-6-12(7-9-14)17-22-19(26-23-17)13-3-1-4-15(11-13)21-18(24)16-5-2-10-25-16/h1,3-4,6-9,11,16H,2,5,10H2,(H,21,24). The number of carbonyl (C=O) groups excluding carboxylic acids is 1. The summed E-state index contributed by atoms with van der Waals surface area (Å²) in [6.07, 6.45) is 1.28. The summed E-state index contributed by atoms with van der Waals surface area (Å²) >= 11 is 5.90. The monoisotopic (exact) mass is 369 g/mol. The number of hydrogen-bond donors (Lipinski definition) is 1. The maximum absolute atomic E-state index is 12.2. The lowest BCUT2D eigenvalue weighted by atomic mass is 10.1. The number of hydrogen-bond acceptors (Lipinski definition) is 5. The molecule has 1 saturated heterocycles. The molecule has 6 nitrogen and oxygen atoms in total. The molecular formula is C19H16ClN3O3. The van der Waals surface area contributed by atoms with Crippen LogP contribution >= 0.6 is 11.6 Å². The van der Waals surface area contributed by atoms with Gasteiger partial charge in [0.05, 0.1) is 0 Å². The van der Waals surface area contributed by atoms with Crippen molar-refractivity contribution in [1.29, 1.82) is 0 Å². The van der Waals surface area contributed by atoms with Crippen molar-refractivity contribution in [3.63, 3.8) is 0 Å². The van der Waals surface area contributed by atoms with Crippen molar-refractivity contribution < 1.29 is 14.1 Å². The minimum absolute atomic E-state index is 0.132. The molecule has 0 saturated carbocycles. The van der Waals surface area contributed by atoms with Crippen LogP contribution in [0.5, 0.6) is 0 Å². The van der Waals surface area contributed by atoms with Crippen molar-refractivity contribution >= 4 is 23.2 Å². The van der Waals surface area contributed by atoms with Gasteiger partial charge in [-0.2, -0.15) is 4.98 Å². The van der Waals surface area contributed by atoms with Crippen LogP contribution in [0.2, 0.25) is 5.02 Å². The van der Waals surface area contributed by atoms with Crippen molar-refractivity contribution in [2.75, 3.05) is 11.9 Å². The zero-order valence-corrected chi connectivity index (χ0v) is 14.6. The molecule has 0 aliphatic carbocycles. The maximum Gasteiger partial charge on any atom is 0.258 e. The molecule has 0 radical (unpaired) electrons. The van der Waals surface area contributed by atoms with E-state index in [-0.39, 0.29) is 12.0 Å². The van der Waals surface area contributed by atoms with Crippen LogP contribution in [-0.4, -0.2) is 28.8 Å². The summed E-state index contributed by atoms with van der Waals surface area (Å²) in [6.45, 7) is 0.633. The quantitative estimate of drug-likeness (QED) is 0.746. The zero-order chi connectivity index (χ0) is 17.9. The Kier molecular flexibility index (Phi) is 4.69. The fourth-order valence-electron chi connectivity index (χ4n) is 2.79. The fourth-order valence-corrected chi connectivity index (χ4v) is 2.92. The van der Waals surface area contributed by atoms with Gasteiger partial charge < -0.3 is 14.6 Å². The molecule has 1 N–H and O–H groups in total.